The lowest BCUT2D eigenvalue weighted by Crippen LogP contribution is -2.26. The molecule has 1 aromatic rings. The van der Waals surface area contributed by atoms with E-state index in [9.17, 15) is 0 Å². The Morgan fingerprint density at radius 3 is 2.72 bits per heavy atom. The highest BCUT2D eigenvalue weighted by atomic mass is 16.5. The van der Waals surface area contributed by atoms with Crippen LogP contribution in [0.2, 0.25) is 0 Å². The number of nitrogens with two attached hydrogens (primary N) is 1. The van der Waals surface area contributed by atoms with Gasteiger partial charge in [-0.05, 0) is 24.7 Å². The van der Waals surface area contributed by atoms with E-state index in [-0.39, 0.29) is 0 Å². The molecule has 5 nitrogen and oxygen atoms in total. The van der Waals surface area contributed by atoms with Crippen molar-refractivity contribution in [3.8, 4) is 5.75 Å². The number of hydrogen-bond donors (Lipinski definition) is 2. The molecular formula is C13H22N4O. The van der Waals surface area contributed by atoms with Crippen LogP contribution in [-0.2, 0) is 0 Å². The topological polar surface area (TPSA) is 73.1 Å². The molecule has 0 amide bonds. The maximum absolute atomic E-state index is 5.76. The number of anilines is 2. The third-order valence-electron chi connectivity index (χ3n) is 4.08. The molecule has 2 rings (SSSR count). The van der Waals surface area contributed by atoms with E-state index in [1.807, 2.05) is 0 Å². The lowest BCUT2D eigenvalue weighted by molar-refractivity contribution is 0.306. The Bertz CT molecular complexity index is 402. The number of nitrogen functional groups attached to an aromatic ring is 1. The summed E-state index contributed by atoms with van der Waals surface area (Å²) in [5.74, 6) is 1.62. The number of aromatic nitrogens is 2. The first-order valence-corrected chi connectivity index (χ1v) is 6.59. The van der Waals surface area contributed by atoms with E-state index >= 15 is 0 Å². The average molecular weight is 250 g/mol. The summed E-state index contributed by atoms with van der Waals surface area (Å²) in [6.07, 6.45) is 7.91. The van der Waals surface area contributed by atoms with Gasteiger partial charge in [-0.1, -0.05) is 19.8 Å². The van der Waals surface area contributed by atoms with E-state index in [4.69, 9.17) is 10.5 Å². The van der Waals surface area contributed by atoms with Gasteiger partial charge in [0.25, 0.3) is 0 Å². The van der Waals surface area contributed by atoms with E-state index in [1.165, 1.54) is 38.4 Å². The monoisotopic (exact) mass is 250 g/mol. The van der Waals surface area contributed by atoms with Gasteiger partial charge < -0.3 is 15.8 Å². The van der Waals surface area contributed by atoms with Crippen LogP contribution in [0.1, 0.15) is 39.0 Å². The standard InChI is InChI=1S/C13H22N4O/c1-3-13(6-4-5-7-13)8-15-12-10(18-2)11(14)16-9-17-12/h9H,3-8H2,1-2H3,(H3,14,15,16,17). The van der Waals surface area contributed by atoms with Crippen LogP contribution in [0.4, 0.5) is 11.6 Å². The van der Waals surface area contributed by atoms with Gasteiger partial charge in [0, 0.05) is 6.54 Å². The molecule has 0 unspecified atom stereocenters. The Hall–Kier alpha value is -1.52. The summed E-state index contributed by atoms with van der Waals surface area (Å²) in [5, 5.41) is 3.38. The molecule has 0 aromatic carbocycles. The van der Waals surface area contributed by atoms with Crippen molar-refractivity contribution in [2.24, 2.45) is 5.41 Å². The summed E-state index contributed by atoms with van der Waals surface area (Å²) in [6, 6.07) is 0. The van der Waals surface area contributed by atoms with Crippen molar-refractivity contribution in [3.05, 3.63) is 6.33 Å². The second-order valence-corrected chi connectivity index (χ2v) is 5.05. The molecule has 0 atom stereocenters. The summed E-state index contributed by atoms with van der Waals surface area (Å²) in [7, 11) is 1.59. The van der Waals surface area contributed by atoms with Crippen molar-refractivity contribution in [1.82, 2.24) is 9.97 Å². The summed E-state index contributed by atoms with van der Waals surface area (Å²) >= 11 is 0. The van der Waals surface area contributed by atoms with Crippen molar-refractivity contribution in [2.75, 3.05) is 24.7 Å². The molecule has 0 bridgehead atoms. The smallest absolute Gasteiger partial charge is 0.203 e. The first kappa shape index (κ1) is 12.9. The summed E-state index contributed by atoms with van der Waals surface area (Å²) in [5.41, 5.74) is 6.17. The molecule has 0 aliphatic heterocycles. The van der Waals surface area contributed by atoms with Crippen molar-refractivity contribution in [3.63, 3.8) is 0 Å². The molecular weight excluding hydrogens is 228 g/mol. The van der Waals surface area contributed by atoms with Crippen LogP contribution < -0.4 is 15.8 Å². The van der Waals surface area contributed by atoms with Gasteiger partial charge in [0.2, 0.25) is 5.75 Å². The summed E-state index contributed by atoms with van der Waals surface area (Å²) < 4.78 is 5.25. The zero-order chi connectivity index (χ0) is 13.0. The molecule has 1 saturated carbocycles. The fourth-order valence-electron chi connectivity index (χ4n) is 2.77. The van der Waals surface area contributed by atoms with E-state index in [1.54, 1.807) is 7.11 Å². The lowest BCUT2D eigenvalue weighted by atomic mass is 9.83. The molecule has 1 aliphatic carbocycles. The summed E-state index contributed by atoms with van der Waals surface area (Å²) in [4.78, 5) is 8.14. The molecule has 1 aromatic heterocycles. The summed E-state index contributed by atoms with van der Waals surface area (Å²) in [6.45, 7) is 3.19. The predicted octanol–water partition coefficient (Wildman–Crippen LogP) is 2.45. The molecule has 5 heteroatoms. The van der Waals surface area contributed by atoms with E-state index in [2.05, 4.69) is 22.2 Å². The molecule has 0 spiro atoms. The first-order chi connectivity index (χ1) is 8.71. The highest BCUT2D eigenvalue weighted by molar-refractivity contribution is 5.61. The molecule has 1 heterocycles. The van der Waals surface area contributed by atoms with Crippen LogP contribution in [-0.4, -0.2) is 23.6 Å². The largest absolute Gasteiger partial charge is 0.490 e. The third-order valence-corrected chi connectivity index (χ3v) is 4.08. The van der Waals surface area contributed by atoms with Crippen LogP contribution in [0.3, 0.4) is 0 Å². The van der Waals surface area contributed by atoms with Gasteiger partial charge >= 0.3 is 0 Å². The molecule has 1 aliphatic rings. The minimum Gasteiger partial charge on any atom is -0.490 e. The highest BCUT2D eigenvalue weighted by Gasteiger charge is 2.32. The number of ether oxygens (including phenoxy) is 1. The fourth-order valence-corrected chi connectivity index (χ4v) is 2.77. The molecule has 1 fully saturated rings. The van der Waals surface area contributed by atoms with E-state index in [0.717, 1.165) is 6.54 Å². The second-order valence-electron chi connectivity index (χ2n) is 5.05. The zero-order valence-electron chi connectivity index (χ0n) is 11.2. The SMILES string of the molecule is CCC1(CNc2ncnc(N)c2OC)CCCC1. The van der Waals surface area contributed by atoms with Gasteiger partial charge in [0.1, 0.15) is 6.33 Å². The van der Waals surface area contributed by atoms with Crippen LogP contribution in [0.25, 0.3) is 0 Å². The molecule has 0 saturated heterocycles. The molecule has 3 N–H and O–H groups in total. The average Bonchev–Trinajstić information content (AvgIpc) is 2.86. The molecule has 18 heavy (non-hydrogen) atoms. The van der Waals surface area contributed by atoms with Crippen LogP contribution in [0.15, 0.2) is 6.33 Å². The van der Waals surface area contributed by atoms with Gasteiger partial charge in [-0.2, -0.15) is 0 Å². The van der Waals surface area contributed by atoms with Crippen LogP contribution in [0, 0.1) is 5.41 Å². The van der Waals surface area contributed by atoms with Gasteiger partial charge in [-0.3, -0.25) is 0 Å². The zero-order valence-corrected chi connectivity index (χ0v) is 11.2. The van der Waals surface area contributed by atoms with Crippen molar-refractivity contribution < 1.29 is 4.74 Å². The number of nitrogens with zero attached hydrogens (tertiary/aromatic N) is 2. The predicted molar refractivity (Wildman–Crippen MR) is 72.7 cm³/mol. The first-order valence-electron chi connectivity index (χ1n) is 6.59. The Balaban J connectivity index is 2.08. The molecule has 0 radical (unpaired) electrons. The third kappa shape index (κ3) is 2.49. The van der Waals surface area contributed by atoms with Crippen LogP contribution >= 0.6 is 0 Å². The normalized spacial score (nSPS) is 17.7. The van der Waals surface area contributed by atoms with Gasteiger partial charge in [-0.15, -0.1) is 0 Å². The molecule has 100 valence electrons. The quantitative estimate of drug-likeness (QED) is 0.839. The van der Waals surface area contributed by atoms with Crippen LogP contribution in [0.5, 0.6) is 5.75 Å². The Labute approximate surface area is 108 Å². The Morgan fingerprint density at radius 2 is 2.11 bits per heavy atom. The number of methoxy groups -OCH3 is 1. The van der Waals surface area contributed by atoms with Crippen molar-refractivity contribution in [1.29, 1.82) is 0 Å². The number of nitrogens with one attached hydrogen (secondary N) is 1. The van der Waals surface area contributed by atoms with E-state index < -0.39 is 0 Å². The highest BCUT2D eigenvalue weighted by Crippen LogP contribution is 2.41. The van der Waals surface area contributed by atoms with E-state index in [0.29, 0.717) is 22.8 Å². The van der Waals surface area contributed by atoms with Gasteiger partial charge in [-0.25, -0.2) is 9.97 Å². The minimum absolute atomic E-state index is 0.381. The lowest BCUT2D eigenvalue weighted by Gasteiger charge is -2.28. The maximum Gasteiger partial charge on any atom is 0.203 e. The minimum atomic E-state index is 0.381. The van der Waals surface area contributed by atoms with Gasteiger partial charge in [0.15, 0.2) is 11.6 Å². The Kier molecular flexibility index (Phi) is 3.89. The maximum atomic E-state index is 5.76. The Morgan fingerprint density at radius 1 is 1.39 bits per heavy atom. The van der Waals surface area contributed by atoms with Crippen molar-refractivity contribution >= 4 is 11.6 Å². The number of hydrogen-bond acceptors (Lipinski definition) is 5. The fraction of sp³-hybridized carbons (Fsp3) is 0.692. The van der Waals surface area contributed by atoms with Crippen molar-refractivity contribution in [2.45, 2.75) is 39.0 Å². The van der Waals surface area contributed by atoms with Gasteiger partial charge in [0.05, 0.1) is 7.11 Å². The number of rotatable bonds is 5. The second kappa shape index (κ2) is 5.42.